The Morgan fingerprint density at radius 2 is 1.88 bits per heavy atom. The molecule has 6 rings (SSSR count). The molecule has 5 heteroatoms. The maximum atomic E-state index is 13.7. The van der Waals surface area contributed by atoms with Crippen molar-refractivity contribution in [3.05, 3.63) is 82.9 Å². The maximum Gasteiger partial charge on any atom is 0.260 e. The fraction of sp³-hybridized carbons (Fsp3) is 0.333. The van der Waals surface area contributed by atoms with Gasteiger partial charge in [-0.15, -0.1) is 0 Å². The van der Waals surface area contributed by atoms with Gasteiger partial charge in [-0.3, -0.25) is 9.78 Å². The van der Waals surface area contributed by atoms with Crippen LogP contribution in [0.2, 0.25) is 0 Å². The molecule has 2 fully saturated rings. The molecule has 1 aliphatic heterocycles. The summed E-state index contributed by atoms with van der Waals surface area (Å²) in [5.41, 5.74) is 3.23. The molecular weight excluding hydrogens is 398 g/mol. The van der Waals surface area contributed by atoms with Gasteiger partial charge in [0.05, 0.1) is 22.7 Å². The number of aromatic nitrogens is 2. The molecule has 0 bridgehead atoms. The number of nitrogens with zero attached hydrogens (tertiary/aromatic N) is 3. The van der Waals surface area contributed by atoms with Crippen LogP contribution in [0.15, 0.2) is 71.7 Å². The van der Waals surface area contributed by atoms with E-state index in [1.54, 1.807) is 7.11 Å². The Morgan fingerprint density at radius 1 is 1.00 bits per heavy atom. The molecule has 162 valence electrons. The zero-order valence-corrected chi connectivity index (χ0v) is 18.3. The van der Waals surface area contributed by atoms with E-state index in [2.05, 4.69) is 47.4 Å². The van der Waals surface area contributed by atoms with Crippen molar-refractivity contribution in [3.8, 4) is 0 Å². The van der Waals surface area contributed by atoms with Gasteiger partial charge in [-0.25, -0.2) is 0 Å². The lowest BCUT2D eigenvalue weighted by Crippen LogP contribution is -2.39. The topological polar surface area (TPSA) is 47.4 Å². The Hall–Kier alpha value is -3.18. The fourth-order valence-electron chi connectivity index (χ4n) is 5.26. The minimum absolute atomic E-state index is 0.103. The summed E-state index contributed by atoms with van der Waals surface area (Å²) in [4.78, 5) is 20.9. The van der Waals surface area contributed by atoms with Crippen LogP contribution in [0.3, 0.4) is 0 Å². The highest BCUT2D eigenvalue weighted by Crippen LogP contribution is 2.50. The summed E-state index contributed by atoms with van der Waals surface area (Å²) < 4.78 is 7.55. The third-order valence-corrected chi connectivity index (χ3v) is 7.10. The minimum Gasteiger partial charge on any atom is -0.380 e. The van der Waals surface area contributed by atoms with E-state index in [1.165, 1.54) is 0 Å². The number of piperidine rings is 1. The molecule has 0 N–H and O–H groups in total. The second kappa shape index (κ2) is 7.75. The van der Waals surface area contributed by atoms with Crippen LogP contribution in [0.25, 0.3) is 21.7 Å². The van der Waals surface area contributed by atoms with Crippen molar-refractivity contribution in [1.29, 1.82) is 0 Å². The summed E-state index contributed by atoms with van der Waals surface area (Å²) in [6.07, 6.45) is 5.29. The van der Waals surface area contributed by atoms with E-state index in [0.717, 1.165) is 65.4 Å². The lowest BCUT2D eigenvalue weighted by molar-refractivity contribution is 0.0894. The van der Waals surface area contributed by atoms with Crippen LogP contribution in [0.5, 0.6) is 0 Å². The van der Waals surface area contributed by atoms with Crippen LogP contribution in [-0.4, -0.2) is 35.9 Å². The first-order valence-electron chi connectivity index (χ1n) is 11.5. The Bertz CT molecular complexity index is 1360. The second-order valence-electron chi connectivity index (χ2n) is 9.05. The molecule has 0 spiro atoms. The van der Waals surface area contributed by atoms with Gasteiger partial charge in [-0.05, 0) is 48.9 Å². The third kappa shape index (κ3) is 3.28. The van der Waals surface area contributed by atoms with E-state index in [9.17, 15) is 4.79 Å². The van der Waals surface area contributed by atoms with E-state index in [4.69, 9.17) is 9.72 Å². The molecule has 0 radical (unpaired) electrons. The molecule has 1 saturated heterocycles. The van der Waals surface area contributed by atoms with E-state index in [-0.39, 0.29) is 23.6 Å². The Kier molecular flexibility index (Phi) is 4.72. The van der Waals surface area contributed by atoms with Crippen LogP contribution < -0.4 is 10.5 Å². The third-order valence-electron chi connectivity index (χ3n) is 7.10. The molecule has 2 aromatic carbocycles. The van der Waals surface area contributed by atoms with E-state index in [0.29, 0.717) is 0 Å². The number of ether oxygens (including phenoxy) is 1. The van der Waals surface area contributed by atoms with Crippen LogP contribution in [0, 0.1) is 0 Å². The van der Waals surface area contributed by atoms with Gasteiger partial charge in [0.25, 0.3) is 5.56 Å². The monoisotopic (exact) mass is 425 g/mol. The molecule has 2 aliphatic rings. The molecule has 0 amide bonds. The van der Waals surface area contributed by atoms with Gasteiger partial charge in [0, 0.05) is 49.4 Å². The molecule has 2 aromatic heterocycles. The van der Waals surface area contributed by atoms with Crippen molar-refractivity contribution < 1.29 is 4.74 Å². The van der Waals surface area contributed by atoms with Crippen LogP contribution in [0.4, 0.5) is 5.69 Å². The van der Waals surface area contributed by atoms with E-state index >= 15 is 0 Å². The SMILES string of the molecule is COC1CCCN(c2cccc3ccn(C4CC4c4ccc5ccccc5n4)c(=O)c23)C1. The predicted octanol–water partition coefficient (Wildman–Crippen LogP) is 4.89. The molecule has 1 aliphatic carbocycles. The number of methoxy groups -OCH3 is 1. The average Bonchev–Trinajstić information content (AvgIpc) is 3.64. The molecule has 3 atom stereocenters. The normalized spacial score (nSPS) is 23.0. The van der Waals surface area contributed by atoms with Crippen LogP contribution >= 0.6 is 0 Å². The smallest absolute Gasteiger partial charge is 0.260 e. The quantitative estimate of drug-likeness (QED) is 0.467. The standard InChI is InChI=1S/C27H27N3O2/c1-32-20-8-5-14-29(17-20)24-10-4-7-19-13-15-30(27(31)26(19)24)25-16-21(25)23-12-11-18-6-2-3-9-22(18)28-23/h2-4,6-7,9-13,15,20-21,25H,5,8,14,16-17H2,1H3. The lowest BCUT2D eigenvalue weighted by Gasteiger charge is -2.34. The Labute approximate surface area is 187 Å². The summed E-state index contributed by atoms with van der Waals surface area (Å²) in [7, 11) is 1.78. The fourth-order valence-corrected chi connectivity index (χ4v) is 5.26. The molecular formula is C27H27N3O2. The Morgan fingerprint density at radius 3 is 2.78 bits per heavy atom. The summed E-state index contributed by atoms with van der Waals surface area (Å²) in [6, 6.07) is 20.9. The number of anilines is 1. The molecule has 5 nitrogen and oxygen atoms in total. The summed E-state index contributed by atoms with van der Waals surface area (Å²) in [5.74, 6) is 0.287. The van der Waals surface area contributed by atoms with Crippen molar-refractivity contribution >= 4 is 27.4 Å². The van der Waals surface area contributed by atoms with Crippen molar-refractivity contribution in [2.45, 2.75) is 37.3 Å². The second-order valence-corrected chi connectivity index (χ2v) is 9.05. The number of rotatable bonds is 4. The summed E-state index contributed by atoms with van der Waals surface area (Å²) in [6.45, 7) is 1.79. The zero-order chi connectivity index (χ0) is 21.7. The summed E-state index contributed by atoms with van der Waals surface area (Å²) >= 11 is 0. The lowest BCUT2D eigenvalue weighted by atomic mass is 10.0. The van der Waals surface area contributed by atoms with Crippen molar-refractivity contribution in [2.24, 2.45) is 0 Å². The molecule has 4 aromatic rings. The van der Waals surface area contributed by atoms with Gasteiger partial charge in [0.1, 0.15) is 0 Å². The van der Waals surface area contributed by atoms with Gasteiger partial charge < -0.3 is 14.2 Å². The maximum absolute atomic E-state index is 13.7. The highest BCUT2D eigenvalue weighted by molar-refractivity contribution is 5.93. The average molecular weight is 426 g/mol. The number of benzene rings is 2. The molecule has 3 unspecified atom stereocenters. The Balaban J connectivity index is 1.36. The number of hydrogen-bond donors (Lipinski definition) is 0. The van der Waals surface area contributed by atoms with Gasteiger partial charge in [0.15, 0.2) is 0 Å². The first-order valence-corrected chi connectivity index (χ1v) is 11.5. The number of pyridine rings is 2. The van der Waals surface area contributed by atoms with Gasteiger partial charge in [0.2, 0.25) is 0 Å². The molecule has 3 heterocycles. The number of para-hydroxylation sites is 1. The predicted molar refractivity (Wildman–Crippen MR) is 129 cm³/mol. The van der Waals surface area contributed by atoms with Gasteiger partial charge in [-0.1, -0.05) is 36.4 Å². The first kappa shape index (κ1) is 19.5. The van der Waals surface area contributed by atoms with E-state index in [1.807, 2.05) is 29.0 Å². The zero-order valence-electron chi connectivity index (χ0n) is 18.3. The number of fused-ring (bicyclic) bond motifs is 2. The van der Waals surface area contributed by atoms with Crippen molar-refractivity contribution in [2.75, 3.05) is 25.1 Å². The first-order chi connectivity index (χ1) is 15.7. The van der Waals surface area contributed by atoms with Gasteiger partial charge >= 0.3 is 0 Å². The van der Waals surface area contributed by atoms with Crippen molar-refractivity contribution in [3.63, 3.8) is 0 Å². The largest absolute Gasteiger partial charge is 0.380 e. The highest BCUT2D eigenvalue weighted by atomic mass is 16.5. The minimum atomic E-state index is 0.103. The highest BCUT2D eigenvalue weighted by Gasteiger charge is 2.42. The van der Waals surface area contributed by atoms with Crippen LogP contribution in [0.1, 0.15) is 36.9 Å². The number of hydrogen-bond acceptors (Lipinski definition) is 4. The summed E-state index contributed by atoms with van der Waals surface area (Å²) in [5, 5.41) is 2.98. The molecule has 1 saturated carbocycles. The van der Waals surface area contributed by atoms with Gasteiger partial charge in [-0.2, -0.15) is 0 Å². The van der Waals surface area contributed by atoms with Crippen molar-refractivity contribution in [1.82, 2.24) is 9.55 Å². The van der Waals surface area contributed by atoms with E-state index < -0.39 is 0 Å². The molecule has 32 heavy (non-hydrogen) atoms. The van der Waals surface area contributed by atoms with Crippen LogP contribution in [-0.2, 0) is 4.74 Å².